The summed E-state index contributed by atoms with van der Waals surface area (Å²) in [6.07, 6.45) is 2.96. The van der Waals surface area contributed by atoms with E-state index in [1.807, 2.05) is 0 Å². The van der Waals surface area contributed by atoms with E-state index >= 15 is 0 Å². The lowest BCUT2D eigenvalue weighted by Crippen LogP contribution is -2.11. The summed E-state index contributed by atoms with van der Waals surface area (Å²) in [6, 6.07) is 5.17. The standard InChI is InChI=1S/C10H8N4O2S2.ClH/c15-18(16,10-5-11-6-17-10)14-8-1-2-9-7(3-8)4-12-13-9;/h1-6,14H,(H,12,13);1H. The number of hydrogen-bond acceptors (Lipinski definition) is 5. The molecule has 0 fully saturated rings. The van der Waals surface area contributed by atoms with Crippen LogP contribution in [-0.2, 0) is 10.0 Å². The Morgan fingerprint density at radius 1 is 1.26 bits per heavy atom. The second-order valence-electron chi connectivity index (χ2n) is 3.60. The Kier molecular flexibility index (Phi) is 3.74. The molecule has 0 spiro atoms. The summed E-state index contributed by atoms with van der Waals surface area (Å²) >= 11 is 1.07. The Hall–Kier alpha value is -1.64. The molecule has 0 saturated heterocycles. The van der Waals surface area contributed by atoms with Crippen molar-refractivity contribution in [2.45, 2.75) is 4.21 Å². The molecule has 0 amide bonds. The molecule has 0 aliphatic heterocycles. The molecule has 100 valence electrons. The Bertz CT molecular complexity index is 783. The van der Waals surface area contributed by atoms with Crippen LogP contribution >= 0.6 is 23.7 Å². The van der Waals surface area contributed by atoms with E-state index in [4.69, 9.17) is 0 Å². The molecule has 0 saturated carbocycles. The number of H-pyrrole nitrogens is 1. The number of hydrogen-bond donors (Lipinski definition) is 2. The number of anilines is 1. The smallest absolute Gasteiger partial charge is 0.273 e. The molecule has 2 heterocycles. The summed E-state index contributed by atoms with van der Waals surface area (Å²) < 4.78 is 26.6. The van der Waals surface area contributed by atoms with Gasteiger partial charge in [0.1, 0.15) is 0 Å². The van der Waals surface area contributed by atoms with Gasteiger partial charge in [0.15, 0.2) is 4.21 Å². The van der Waals surface area contributed by atoms with E-state index in [0.29, 0.717) is 5.69 Å². The highest BCUT2D eigenvalue weighted by Crippen LogP contribution is 2.21. The van der Waals surface area contributed by atoms with Crippen molar-refractivity contribution in [3.63, 3.8) is 0 Å². The Labute approximate surface area is 119 Å². The summed E-state index contributed by atoms with van der Waals surface area (Å²) in [5.41, 5.74) is 2.83. The fraction of sp³-hybridized carbons (Fsp3) is 0. The Balaban J connectivity index is 0.00000133. The molecule has 19 heavy (non-hydrogen) atoms. The van der Waals surface area contributed by atoms with Crippen molar-refractivity contribution in [1.29, 1.82) is 0 Å². The molecule has 9 heteroatoms. The first-order valence-corrected chi connectivity index (χ1v) is 7.36. The van der Waals surface area contributed by atoms with E-state index in [2.05, 4.69) is 19.9 Å². The van der Waals surface area contributed by atoms with Gasteiger partial charge in [-0.25, -0.2) is 8.42 Å². The van der Waals surface area contributed by atoms with Crippen molar-refractivity contribution in [2.75, 3.05) is 4.72 Å². The van der Waals surface area contributed by atoms with Crippen LogP contribution in [0.3, 0.4) is 0 Å². The third-order valence-electron chi connectivity index (χ3n) is 2.37. The maximum atomic E-state index is 12.0. The fourth-order valence-electron chi connectivity index (χ4n) is 1.55. The first-order chi connectivity index (χ1) is 8.65. The number of aromatic amines is 1. The minimum absolute atomic E-state index is 0. The zero-order valence-electron chi connectivity index (χ0n) is 9.40. The minimum Gasteiger partial charge on any atom is -0.279 e. The van der Waals surface area contributed by atoms with Crippen molar-refractivity contribution < 1.29 is 8.42 Å². The lowest BCUT2D eigenvalue weighted by molar-refractivity contribution is 0.603. The third-order valence-corrected chi connectivity index (χ3v) is 5.02. The summed E-state index contributed by atoms with van der Waals surface area (Å²) in [7, 11) is -3.55. The Morgan fingerprint density at radius 3 is 2.84 bits per heavy atom. The van der Waals surface area contributed by atoms with Crippen LogP contribution in [0.15, 0.2) is 40.3 Å². The van der Waals surface area contributed by atoms with Gasteiger partial charge in [0.25, 0.3) is 10.0 Å². The maximum absolute atomic E-state index is 12.0. The van der Waals surface area contributed by atoms with Gasteiger partial charge < -0.3 is 0 Å². The van der Waals surface area contributed by atoms with Crippen LogP contribution in [0.1, 0.15) is 0 Å². The van der Waals surface area contributed by atoms with E-state index in [1.54, 1.807) is 24.4 Å². The van der Waals surface area contributed by atoms with Crippen LogP contribution in [0, 0.1) is 0 Å². The van der Waals surface area contributed by atoms with Crippen LogP contribution in [0.2, 0.25) is 0 Å². The summed E-state index contributed by atoms with van der Waals surface area (Å²) in [6.45, 7) is 0. The maximum Gasteiger partial charge on any atom is 0.273 e. The average molecular weight is 317 g/mol. The van der Waals surface area contributed by atoms with E-state index in [-0.39, 0.29) is 16.6 Å². The predicted molar refractivity (Wildman–Crippen MR) is 76.3 cm³/mol. The van der Waals surface area contributed by atoms with Crippen LogP contribution in [-0.4, -0.2) is 23.6 Å². The highest BCUT2D eigenvalue weighted by molar-refractivity contribution is 7.94. The second kappa shape index (κ2) is 5.16. The Morgan fingerprint density at radius 2 is 2.11 bits per heavy atom. The zero-order valence-corrected chi connectivity index (χ0v) is 11.8. The van der Waals surface area contributed by atoms with Gasteiger partial charge in [-0.15, -0.1) is 23.7 Å². The molecule has 6 nitrogen and oxygen atoms in total. The monoisotopic (exact) mass is 316 g/mol. The van der Waals surface area contributed by atoms with Crippen molar-refractivity contribution in [3.8, 4) is 0 Å². The zero-order chi connectivity index (χ0) is 12.6. The highest BCUT2D eigenvalue weighted by atomic mass is 35.5. The second-order valence-corrected chi connectivity index (χ2v) is 6.39. The first kappa shape index (κ1) is 13.8. The van der Waals surface area contributed by atoms with Crippen LogP contribution < -0.4 is 4.72 Å². The predicted octanol–water partition coefficient (Wildman–Crippen LogP) is 2.24. The number of nitrogens with one attached hydrogen (secondary N) is 2. The molecule has 0 radical (unpaired) electrons. The van der Waals surface area contributed by atoms with Crippen LogP contribution in [0.5, 0.6) is 0 Å². The van der Waals surface area contributed by atoms with Gasteiger partial charge in [0.2, 0.25) is 0 Å². The largest absolute Gasteiger partial charge is 0.279 e. The molecule has 0 aliphatic rings. The molecule has 3 rings (SSSR count). The van der Waals surface area contributed by atoms with Crippen LogP contribution in [0.25, 0.3) is 10.9 Å². The number of sulfonamides is 1. The highest BCUT2D eigenvalue weighted by Gasteiger charge is 2.15. The minimum atomic E-state index is -3.55. The molecule has 0 atom stereocenters. The number of fused-ring (bicyclic) bond motifs is 1. The number of thiazole rings is 1. The number of aromatic nitrogens is 3. The van der Waals surface area contributed by atoms with E-state index in [0.717, 1.165) is 22.2 Å². The molecule has 0 bridgehead atoms. The van der Waals surface area contributed by atoms with Gasteiger partial charge in [0.05, 0.1) is 23.4 Å². The lowest BCUT2D eigenvalue weighted by Gasteiger charge is -2.05. The summed E-state index contributed by atoms with van der Waals surface area (Å²) in [5.74, 6) is 0. The van der Waals surface area contributed by atoms with E-state index in [1.165, 1.54) is 11.7 Å². The molecule has 3 aromatic rings. The number of benzene rings is 1. The molecular formula is C10H9ClN4O2S2. The molecule has 1 aromatic carbocycles. The fourth-order valence-corrected chi connectivity index (χ4v) is 3.39. The number of rotatable bonds is 3. The first-order valence-electron chi connectivity index (χ1n) is 4.99. The average Bonchev–Trinajstić information content (AvgIpc) is 2.99. The topological polar surface area (TPSA) is 87.7 Å². The van der Waals surface area contributed by atoms with E-state index in [9.17, 15) is 8.42 Å². The normalized spacial score (nSPS) is 11.2. The van der Waals surface area contributed by atoms with Crippen molar-refractivity contribution in [3.05, 3.63) is 36.1 Å². The lowest BCUT2D eigenvalue weighted by atomic mass is 10.2. The van der Waals surface area contributed by atoms with Gasteiger partial charge in [-0.2, -0.15) is 5.10 Å². The number of nitrogens with zero attached hydrogens (tertiary/aromatic N) is 2. The third kappa shape index (κ3) is 2.70. The van der Waals surface area contributed by atoms with Crippen LogP contribution in [0.4, 0.5) is 5.69 Å². The van der Waals surface area contributed by atoms with Gasteiger partial charge >= 0.3 is 0 Å². The van der Waals surface area contributed by atoms with Gasteiger partial charge in [0, 0.05) is 11.1 Å². The van der Waals surface area contributed by atoms with Gasteiger partial charge in [-0.3, -0.25) is 14.8 Å². The molecular weight excluding hydrogens is 308 g/mol. The van der Waals surface area contributed by atoms with E-state index < -0.39 is 10.0 Å². The number of halogens is 1. The SMILES string of the molecule is Cl.O=S(=O)(Nc1ccc2[nH]ncc2c1)c1cncs1. The molecule has 0 unspecified atom stereocenters. The summed E-state index contributed by atoms with van der Waals surface area (Å²) in [5, 5.41) is 7.53. The molecule has 2 N–H and O–H groups in total. The molecule has 2 aromatic heterocycles. The van der Waals surface area contributed by atoms with Crippen molar-refractivity contribution in [1.82, 2.24) is 15.2 Å². The summed E-state index contributed by atoms with van der Waals surface area (Å²) in [4.78, 5) is 3.76. The van der Waals surface area contributed by atoms with Gasteiger partial charge in [-0.05, 0) is 18.2 Å². The van der Waals surface area contributed by atoms with Gasteiger partial charge in [-0.1, -0.05) is 0 Å². The van der Waals surface area contributed by atoms with Crippen molar-refractivity contribution >= 4 is 50.4 Å². The quantitative estimate of drug-likeness (QED) is 0.775. The van der Waals surface area contributed by atoms with Crippen molar-refractivity contribution in [2.24, 2.45) is 0 Å². The molecule has 0 aliphatic carbocycles.